The molecule has 0 bridgehead atoms. The Morgan fingerprint density at radius 2 is 1.94 bits per heavy atom. The van der Waals surface area contributed by atoms with Crippen molar-refractivity contribution in [1.82, 2.24) is 5.32 Å². The van der Waals surface area contributed by atoms with Crippen LogP contribution in [0.1, 0.15) is 69.5 Å². The third-order valence-electron chi connectivity index (χ3n) is 6.23. The lowest BCUT2D eigenvalue weighted by atomic mass is 9.81. The third-order valence-corrected chi connectivity index (χ3v) is 6.23. The van der Waals surface area contributed by atoms with Crippen LogP contribution in [-0.4, -0.2) is 17.5 Å². The van der Waals surface area contributed by atoms with E-state index in [0.717, 1.165) is 36.9 Å². The largest absolute Gasteiger partial charge is 0.487 e. The molecule has 2 heterocycles. The fraction of sp³-hybridized carbons (Fsp3) is 0.440. The van der Waals surface area contributed by atoms with Crippen LogP contribution in [0.5, 0.6) is 5.75 Å². The van der Waals surface area contributed by atoms with Crippen LogP contribution in [0.2, 0.25) is 0 Å². The maximum absolute atomic E-state index is 14.0. The molecule has 0 unspecified atom stereocenters. The number of rotatable bonds is 6. The van der Waals surface area contributed by atoms with Gasteiger partial charge in [0.05, 0.1) is 6.04 Å². The van der Waals surface area contributed by atoms with E-state index in [1.807, 2.05) is 12.1 Å². The summed E-state index contributed by atoms with van der Waals surface area (Å²) >= 11 is 0. The summed E-state index contributed by atoms with van der Waals surface area (Å²) in [6.07, 6.45) is 5.38. The summed E-state index contributed by atoms with van der Waals surface area (Å²) < 4.78 is 20.4. The van der Waals surface area contributed by atoms with E-state index in [1.54, 1.807) is 12.1 Å². The van der Waals surface area contributed by atoms with Gasteiger partial charge in [-0.05, 0) is 55.2 Å². The molecular formula is C25H30FN3O3. The van der Waals surface area contributed by atoms with Crippen LogP contribution in [-0.2, 0) is 11.2 Å². The Hall–Kier alpha value is -3.09. The van der Waals surface area contributed by atoms with Crippen LogP contribution in [0.3, 0.4) is 0 Å². The van der Waals surface area contributed by atoms with Crippen molar-refractivity contribution in [2.24, 2.45) is 0 Å². The maximum atomic E-state index is 14.0. The van der Waals surface area contributed by atoms with Crippen molar-refractivity contribution in [3.05, 3.63) is 53.3 Å². The van der Waals surface area contributed by atoms with E-state index in [4.69, 9.17) is 4.74 Å². The normalized spacial score (nSPS) is 18.6. The van der Waals surface area contributed by atoms with Crippen molar-refractivity contribution < 1.29 is 18.7 Å². The molecule has 2 aliphatic heterocycles. The summed E-state index contributed by atoms with van der Waals surface area (Å²) in [6.45, 7) is 4.23. The number of hydrogen-bond acceptors (Lipinski definition) is 3. The van der Waals surface area contributed by atoms with E-state index < -0.39 is 0 Å². The third kappa shape index (κ3) is 4.71. The second-order valence-corrected chi connectivity index (χ2v) is 8.74. The quantitative estimate of drug-likeness (QED) is 0.541. The molecule has 0 saturated heterocycles. The van der Waals surface area contributed by atoms with Gasteiger partial charge in [-0.1, -0.05) is 32.8 Å². The van der Waals surface area contributed by atoms with Crippen LogP contribution in [0.15, 0.2) is 36.4 Å². The zero-order valence-electron chi connectivity index (χ0n) is 18.6. The number of amides is 3. The predicted octanol–water partition coefficient (Wildman–Crippen LogP) is 5.69. The van der Waals surface area contributed by atoms with Gasteiger partial charge in [-0.15, -0.1) is 0 Å². The van der Waals surface area contributed by atoms with Gasteiger partial charge in [0.2, 0.25) is 5.91 Å². The monoisotopic (exact) mass is 439 g/mol. The molecule has 0 spiro atoms. The van der Waals surface area contributed by atoms with Crippen molar-refractivity contribution in [2.45, 2.75) is 70.4 Å². The van der Waals surface area contributed by atoms with Crippen LogP contribution in [0.25, 0.3) is 0 Å². The second-order valence-electron chi connectivity index (χ2n) is 8.74. The molecule has 0 fully saturated rings. The minimum absolute atomic E-state index is 0.0249. The number of hydrogen-bond donors (Lipinski definition) is 3. The van der Waals surface area contributed by atoms with E-state index in [9.17, 15) is 14.0 Å². The zero-order chi connectivity index (χ0) is 22.7. The average Bonchev–Trinajstić information content (AvgIpc) is 2.74. The number of nitrogens with one attached hydrogen (secondary N) is 3. The van der Waals surface area contributed by atoms with Gasteiger partial charge in [0.25, 0.3) is 0 Å². The maximum Gasteiger partial charge on any atom is 0.319 e. The number of anilines is 2. The van der Waals surface area contributed by atoms with Gasteiger partial charge in [-0.3, -0.25) is 4.79 Å². The van der Waals surface area contributed by atoms with Crippen molar-refractivity contribution in [1.29, 1.82) is 0 Å². The molecule has 3 amide bonds. The van der Waals surface area contributed by atoms with Crippen LogP contribution in [0, 0.1) is 5.82 Å². The first kappa shape index (κ1) is 22.1. The lowest BCUT2D eigenvalue weighted by molar-refractivity contribution is -0.116. The van der Waals surface area contributed by atoms with Crippen LogP contribution >= 0.6 is 0 Å². The summed E-state index contributed by atoms with van der Waals surface area (Å²) in [5.74, 6) is 0.243. The molecule has 0 radical (unpaired) electrons. The van der Waals surface area contributed by atoms with E-state index in [-0.39, 0.29) is 29.4 Å². The molecule has 7 heteroatoms. The lowest BCUT2D eigenvalue weighted by Crippen LogP contribution is -2.46. The first-order valence-corrected chi connectivity index (χ1v) is 11.4. The highest BCUT2D eigenvalue weighted by atomic mass is 19.1. The number of aryl methyl sites for hydroxylation is 1. The summed E-state index contributed by atoms with van der Waals surface area (Å²) in [5.41, 5.74) is 2.63. The zero-order valence-corrected chi connectivity index (χ0v) is 18.6. The van der Waals surface area contributed by atoms with E-state index in [2.05, 4.69) is 29.8 Å². The van der Waals surface area contributed by atoms with Gasteiger partial charge in [0, 0.05) is 29.8 Å². The van der Waals surface area contributed by atoms with Crippen LogP contribution < -0.4 is 20.7 Å². The Morgan fingerprint density at radius 1 is 1.16 bits per heavy atom. The standard InChI is InChI=1S/C25H30FN3O3/c1-3-11-25(12-4-2)15-21(19-13-17(26)7-9-22(19)32-25)29-24(31)27-18-8-5-16-6-10-23(30)28-20(16)14-18/h5,7-9,13-14,21H,3-4,6,10-12,15H2,1-2H3,(H,28,30)(H2,27,29,31)/t21-/m1/s1. The molecule has 6 nitrogen and oxygen atoms in total. The number of urea groups is 1. The number of carbonyl (C=O) groups excluding carboxylic acids is 2. The number of benzene rings is 2. The van der Waals surface area contributed by atoms with Gasteiger partial charge >= 0.3 is 6.03 Å². The Bertz CT molecular complexity index is 1020. The van der Waals surface area contributed by atoms with Crippen molar-refractivity contribution in [2.75, 3.05) is 10.6 Å². The molecule has 1 atom stereocenters. The van der Waals surface area contributed by atoms with Gasteiger partial charge in [0.15, 0.2) is 0 Å². The Labute approximate surface area is 187 Å². The van der Waals surface area contributed by atoms with Crippen molar-refractivity contribution >= 4 is 23.3 Å². The van der Waals surface area contributed by atoms with E-state index in [0.29, 0.717) is 36.3 Å². The minimum atomic E-state index is -0.387. The molecule has 0 saturated carbocycles. The molecule has 4 rings (SSSR count). The Balaban J connectivity index is 1.54. The molecule has 2 aliphatic rings. The Kier molecular flexibility index (Phi) is 6.35. The van der Waals surface area contributed by atoms with E-state index in [1.165, 1.54) is 12.1 Å². The van der Waals surface area contributed by atoms with E-state index >= 15 is 0 Å². The molecule has 32 heavy (non-hydrogen) atoms. The molecular weight excluding hydrogens is 409 g/mol. The van der Waals surface area contributed by atoms with Gasteiger partial charge < -0.3 is 20.7 Å². The number of halogens is 1. The van der Waals surface area contributed by atoms with Gasteiger partial charge in [0.1, 0.15) is 17.2 Å². The highest BCUT2D eigenvalue weighted by Gasteiger charge is 2.40. The second kappa shape index (κ2) is 9.18. The first-order chi connectivity index (χ1) is 15.4. The highest BCUT2D eigenvalue weighted by Crippen LogP contribution is 2.44. The predicted molar refractivity (Wildman–Crippen MR) is 122 cm³/mol. The molecule has 3 N–H and O–H groups in total. The fourth-order valence-corrected chi connectivity index (χ4v) is 4.89. The summed E-state index contributed by atoms with van der Waals surface area (Å²) in [4.78, 5) is 24.6. The van der Waals surface area contributed by atoms with Gasteiger partial charge in [-0.25, -0.2) is 9.18 Å². The minimum Gasteiger partial charge on any atom is -0.487 e. The summed E-state index contributed by atoms with van der Waals surface area (Å²) in [7, 11) is 0. The number of carbonyl (C=O) groups is 2. The van der Waals surface area contributed by atoms with Crippen LogP contribution in [0.4, 0.5) is 20.6 Å². The van der Waals surface area contributed by atoms with Gasteiger partial charge in [-0.2, -0.15) is 0 Å². The molecule has 2 aromatic carbocycles. The Morgan fingerprint density at radius 3 is 2.69 bits per heavy atom. The molecule has 0 aliphatic carbocycles. The lowest BCUT2D eigenvalue weighted by Gasteiger charge is -2.42. The topological polar surface area (TPSA) is 79.5 Å². The molecule has 0 aromatic heterocycles. The summed E-state index contributed by atoms with van der Waals surface area (Å²) in [6, 6.07) is 9.25. The summed E-state index contributed by atoms with van der Waals surface area (Å²) in [5, 5.41) is 8.73. The van der Waals surface area contributed by atoms with Crippen molar-refractivity contribution in [3.8, 4) is 5.75 Å². The van der Waals surface area contributed by atoms with Crippen molar-refractivity contribution in [3.63, 3.8) is 0 Å². The SMILES string of the molecule is CCCC1(CCC)C[C@@H](NC(=O)Nc2ccc3c(c2)NC(=O)CC3)c2cc(F)ccc2O1. The highest BCUT2D eigenvalue weighted by molar-refractivity contribution is 5.96. The molecule has 2 aromatic rings. The number of fused-ring (bicyclic) bond motifs is 2. The fourth-order valence-electron chi connectivity index (χ4n) is 4.89. The number of ether oxygens (including phenoxy) is 1. The molecule has 170 valence electrons. The first-order valence-electron chi connectivity index (χ1n) is 11.4. The average molecular weight is 440 g/mol. The smallest absolute Gasteiger partial charge is 0.319 e.